The highest BCUT2D eigenvalue weighted by Crippen LogP contribution is 2.15. The van der Waals surface area contributed by atoms with Crippen molar-refractivity contribution in [2.75, 3.05) is 0 Å². The van der Waals surface area contributed by atoms with Crippen molar-refractivity contribution >= 4 is 10.9 Å². The van der Waals surface area contributed by atoms with Crippen LogP contribution in [0.15, 0.2) is 55.0 Å². The van der Waals surface area contributed by atoms with Gasteiger partial charge in [0.2, 0.25) is 0 Å². The number of hydrogen-bond acceptors (Lipinski definition) is 3. The molecule has 0 saturated carbocycles. The summed E-state index contributed by atoms with van der Waals surface area (Å²) in [5, 5.41) is 4.67. The summed E-state index contributed by atoms with van der Waals surface area (Å²) < 4.78 is 0. The molecule has 3 aromatic rings. The summed E-state index contributed by atoms with van der Waals surface area (Å²) in [6, 6.07) is 12.4. The van der Waals surface area contributed by atoms with E-state index in [2.05, 4.69) is 52.5 Å². The Hall–Kier alpha value is -2.26. The zero-order chi connectivity index (χ0) is 13.8. The van der Waals surface area contributed by atoms with E-state index in [1.807, 2.05) is 24.7 Å². The topological polar surface area (TPSA) is 37.8 Å². The molecule has 3 nitrogen and oxygen atoms in total. The van der Waals surface area contributed by atoms with E-state index in [0.29, 0.717) is 0 Å². The average Bonchev–Trinajstić information content (AvgIpc) is 2.49. The Labute approximate surface area is 118 Å². The first-order chi connectivity index (χ1) is 9.84. The van der Waals surface area contributed by atoms with Crippen molar-refractivity contribution < 1.29 is 0 Å². The van der Waals surface area contributed by atoms with Gasteiger partial charge in [-0.3, -0.25) is 9.97 Å². The monoisotopic (exact) mass is 263 g/mol. The second kappa shape index (κ2) is 5.80. The molecule has 2 aromatic heterocycles. The normalized spacial score (nSPS) is 10.8. The van der Waals surface area contributed by atoms with Crippen LogP contribution in [0, 0.1) is 6.92 Å². The lowest BCUT2D eigenvalue weighted by Crippen LogP contribution is -2.14. The van der Waals surface area contributed by atoms with Gasteiger partial charge < -0.3 is 5.32 Å². The molecule has 20 heavy (non-hydrogen) atoms. The van der Waals surface area contributed by atoms with Gasteiger partial charge in [-0.2, -0.15) is 0 Å². The van der Waals surface area contributed by atoms with Gasteiger partial charge in [0.05, 0.1) is 5.52 Å². The van der Waals surface area contributed by atoms with Gasteiger partial charge >= 0.3 is 0 Å². The minimum absolute atomic E-state index is 0.816. The van der Waals surface area contributed by atoms with Crippen LogP contribution in [-0.2, 0) is 13.1 Å². The number of nitrogens with one attached hydrogen (secondary N) is 1. The first-order valence-corrected chi connectivity index (χ1v) is 6.77. The molecule has 0 aliphatic carbocycles. The number of hydrogen-bond donors (Lipinski definition) is 1. The Morgan fingerprint density at radius 2 is 1.80 bits per heavy atom. The third kappa shape index (κ3) is 2.68. The molecule has 0 radical (unpaired) electrons. The van der Waals surface area contributed by atoms with E-state index >= 15 is 0 Å². The van der Waals surface area contributed by atoms with Crippen LogP contribution >= 0.6 is 0 Å². The summed E-state index contributed by atoms with van der Waals surface area (Å²) in [7, 11) is 0. The quantitative estimate of drug-likeness (QED) is 0.785. The molecule has 2 heterocycles. The second-order valence-electron chi connectivity index (χ2n) is 4.90. The Balaban J connectivity index is 1.73. The summed E-state index contributed by atoms with van der Waals surface area (Å²) in [6.45, 7) is 3.75. The fraction of sp³-hybridized carbons (Fsp3) is 0.176. The van der Waals surface area contributed by atoms with Gasteiger partial charge in [-0.15, -0.1) is 0 Å². The number of rotatable bonds is 4. The molecule has 0 aliphatic rings. The van der Waals surface area contributed by atoms with Gasteiger partial charge in [0.1, 0.15) is 0 Å². The van der Waals surface area contributed by atoms with Crippen molar-refractivity contribution in [3.63, 3.8) is 0 Å². The van der Waals surface area contributed by atoms with E-state index in [9.17, 15) is 0 Å². The van der Waals surface area contributed by atoms with Crippen molar-refractivity contribution in [3.05, 3.63) is 71.7 Å². The first kappa shape index (κ1) is 12.8. The second-order valence-corrected chi connectivity index (χ2v) is 4.90. The van der Waals surface area contributed by atoms with Gasteiger partial charge in [0.15, 0.2) is 0 Å². The number of benzene rings is 1. The lowest BCUT2D eigenvalue weighted by atomic mass is 10.1. The highest BCUT2D eigenvalue weighted by atomic mass is 14.9. The van der Waals surface area contributed by atoms with Crippen molar-refractivity contribution in [2.24, 2.45) is 0 Å². The predicted molar refractivity (Wildman–Crippen MR) is 81.3 cm³/mol. The lowest BCUT2D eigenvalue weighted by molar-refractivity contribution is 0.692. The summed E-state index contributed by atoms with van der Waals surface area (Å²) >= 11 is 0. The predicted octanol–water partition coefficient (Wildman–Crippen LogP) is 3.23. The van der Waals surface area contributed by atoms with Crippen LogP contribution in [0.3, 0.4) is 0 Å². The highest BCUT2D eigenvalue weighted by molar-refractivity contribution is 5.81. The molecule has 0 spiro atoms. The smallest absolute Gasteiger partial charge is 0.0746 e. The molecule has 0 fully saturated rings. The number of fused-ring (bicyclic) bond motifs is 1. The summed E-state index contributed by atoms with van der Waals surface area (Å²) in [6.07, 6.45) is 5.58. The molecule has 1 aromatic carbocycles. The molecule has 0 aliphatic heterocycles. The maximum Gasteiger partial charge on any atom is 0.0746 e. The van der Waals surface area contributed by atoms with Gasteiger partial charge in [0.25, 0.3) is 0 Å². The number of nitrogens with zero attached hydrogens (tertiary/aromatic N) is 2. The molecule has 3 heteroatoms. The molecule has 0 atom stereocenters. The number of aryl methyl sites for hydroxylation is 1. The van der Waals surface area contributed by atoms with E-state index in [4.69, 9.17) is 0 Å². The van der Waals surface area contributed by atoms with Crippen molar-refractivity contribution in [2.45, 2.75) is 20.0 Å². The lowest BCUT2D eigenvalue weighted by Gasteiger charge is -2.09. The maximum atomic E-state index is 4.47. The van der Waals surface area contributed by atoms with E-state index in [-0.39, 0.29) is 0 Å². The van der Waals surface area contributed by atoms with Crippen LogP contribution in [0.25, 0.3) is 10.9 Å². The van der Waals surface area contributed by atoms with Crippen molar-refractivity contribution in [1.82, 2.24) is 15.3 Å². The fourth-order valence-corrected chi connectivity index (χ4v) is 2.34. The van der Waals surface area contributed by atoms with Crippen molar-refractivity contribution in [3.8, 4) is 0 Å². The van der Waals surface area contributed by atoms with Crippen LogP contribution in [0.2, 0.25) is 0 Å². The Morgan fingerprint density at radius 3 is 2.70 bits per heavy atom. The zero-order valence-electron chi connectivity index (χ0n) is 11.5. The highest BCUT2D eigenvalue weighted by Gasteiger charge is 2.02. The number of para-hydroxylation sites is 1. The van der Waals surface area contributed by atoms with Gasteiger partial charge in [0, 0.05) is 37.1 Å². The zero-order valence-corrected chi connectivity index (χ0v) is 11.5. The third-order valence-electron chi connectivity index (χ3n) is 3.48. The number of pyridine rings is 2. The third-order valence-corrected chi connectivity index (χ3v) is 3.48. The Morgan fingerprint density at radius 1 is 0.950 bits per heavy atom. The SMILES string of the molecule is Cc1cnccc1CNCc1cccc2cccnc12. The van der Waals surface area contributed by atoms with Crippen LogP contribution in [-0.4, -0.2) is 9.97 Å². The molecule has 0 amide bonds. The fourth-order valence-electron chi connectivity index (χ4n) is 2.34. The summed E-state index contributed by atoms with van der Waals surface area (Å²) in [5.41, 5.74) is 4.81. The molecule has 1 N–H and O–H groups in total. The van der Waals surface area contributed by atoms with Crippen LogP contribution in [0.1, 0.15) is 16.7 Å². The summed E-state index contributed by atoms with van der Waals surface area (Å²) in [4.78, 5) is 8.59. The van der Waals surface area contributed by atoms with Gasteiger partial charge in [-0.05, 0) is 35.7 Å². The molecule has 0 unspecified atom stereocenters. The number of aromatic nitrogens is 2. The van der Waals surface area contributed by atoms with Crippen LogP contribution in [0.4, 0.5) is 0 Å². The maximum absolute atomic E-state index is 4.47. The van der Waals surface area contributed by atoms with E-state index < -0.39 is 0 Å². The van der Waals surface area contributed by atoms with E-state index in [0.717, 1.165) is 18.6 Å². The van der Waals surface area contributed by atoms with E-state index in [1.54, 1.807) is 0 Å². The van der Waals surface area contributed by atoms with E-state index in [1.165, 1.54) is 22.1 Å². The van der Waals surface area contributed by atoms with Crippen LogP contribution in [0.5, 0.6) is 0 Å². The summed E-state index contributed by atoms with van der Waals surface area (Å²) in [5.74, 6) is 0. The van der Waals surface area contributed by atoms with Crippen molar-refractivity contribution in [1.29, 1.82) is 0 Å². The van der Waals surface area contributed by atoms with Gasteiger partial charge in [-0.25, -0.2) is 0 Å². The molecule has 0 saturated heterocycles. The molecule has 100 valence electrons. The van der Waals surface area contributed by atoms with Crippen LogP contribution < -0.4 is 5.32 Å². The Bertz CT molecular complexity index is 717. The molecule has 3 rings (SSSR count). The molecular weight excluding hydrogens is 246 g/mol. The standard InChI is InChI=1S/C17H17N3/c1-13-10-18-9-7-15(13)11-19-12-16-5-2-4-14-6-3-8-20-17(14)16/h2-10,19H,11-12H2,1H3. The van der Waals surface area contributed by atoms with Gasteiger partial charge in [-0.1, -0.05) is 24.3 Å². The first-order valence-electron chi connectivity index (χ1n) is 6.77. The molecular formula is C17H17N3. The average molecular weight is 263 g/mol. The largest absolute Gasteiger partial charge is 0.309 e. The Kier molecular flexibility index (Phi) is 3.70. The minimum Gasteiger partial charge on any atom is -0.309 e. The minimum atomic E-state index is 0.816. The molecule has 0 bridgehead atoms.